The van der Waals surface area contributed by atoms with Crippen molar-refractivity contribution < 1.29 is 270 Å². The summed E-state index contributed by atoms with van der Waals surface area (Å²) in [5.41, 5.74) is -0.546. The van der Waals surface area contributed by atoms with Gasteiger partial charge in [-0.1, -0.05) is 0 Å². The van der Waals surface area contributed by atoms with Crippen LogP contribution >= 0.6 is 0 Å². The van der Waals surface area contributed by atoms with E-state index in [0.29, 0.717) is 24.3 Å². The maximum atomic E-state index is 13.7. The van der Waals surface area contributed by atoms with Crippen molar-refractivity contribution in [3.8, 4) is 0 Å². The quantitative estimate of drug-likeness (QED) is 0.0394. The first kappa shape index (κ1) is 81.1. The average Bonchev–Trinajstić information content (AvgIpc) is 3.51. The second-order valence-electron chi connectivity index (χ2n) is 16.5. The first-order chi connectivity index (χ1) is 38.1. The van der Waals surface area contributed by atoms with E-state index in [1.807, 2.05) is 0 Å². The molecule has 2 amide bonds. The molecule has 4 aliphatic carbocycles. The van der Waals surface area contributed by atoms with E-state index < -0.39 is 131 Å². The van der Waals surface area contributed by atoms with E-state index in [9.17, 15) is 92.2 Å². The Balaban J connectivity index is 0.00000440. The zero-order chi connectivity index (χ0) is 59.9. The van der Waals surface area contributed by atoms with Crippen molar-refractivity contribution in [3.05, 3.63) is 163 Å². The van der Waals surface area contributed by atoms with E-state index >= 15 is 0 Å². The number of anilines is 4. The van der Waals surface area contributed by atoms with Crippen molar-refractivity contribution >= 4 is 147 Å². The van der Waals surface area contributed by atoms with Crippen molar-refractivity contribution in [2.24, 2.45) is 30.6 Å². The Bertz CT molecular complexity index is 4370. The fraction of sp³-hybridized carbons (Fsp3) is 0. The monoisotopic (exact) mass is 1370 g/mol. The number of Topliss-reactive ketones (excluding diaryl/α,β-unsaturated/α-hetero) is 2. The smallest absolute Gasteiger partial charge is 0.744 e. The maximum absolute atomic E-state index is 13.7. The third-order valence-electron chi connectivity index (χ3n) is 11.0. The molecule has 0 unspecified atom stereocenters. The fourth-order valence-corrected chi connectivity index (χ4v) is 10.7. The Kier molecular flexibility index (Phi) is 29.7. The van der Waals surface area contributed by atoms with E-state index in [2.05, 4.69) is 52.1 Å². The number of rotatable bonds is 14. The van der Waals surface area contributed by atoms with Gasteiger partial charge in [-0.25, -0.2) is 55.3 Å². The number of amides is 2. The van der Waals surface area contributed by atoms with Crippen molar-refractivity contribution in [2.75, 3.05) is 21.5 Å². The average molecular weight is 1370 g/mol. The number of ketones is 2. The van der Waals surface area contributed by atoms with Gasteiger partial charge >= 0.3 is 183 Å². The second-order valence-corrected chi connectivity index (χ2v) is 24.6. The number of hydrogen-bond donors (Lipinski definition) is 4. The number of nitrogens with zero attached hydrogens (tertiary/aromatic N) is 6. The van der Waals surface area contributed by atoms with Crippen LogP contribution in [0.25, 0.3) is 12.2 Å². The molecule has 4 aromatic carbocycles. The first-order valence-electron chi connectivity index (χ1n) is 21.8. The van der Waals surface area contributed by atoms with Crippen LogP contribution < -0.4 is 199 Å². The molecule has 0 heterocycles. The molecule has 0 saturated carbocycles. The van der Waals surface area contributed by atoms with Gasteiger partial charge in [-0.3, -0.25) is 20.4 Å². The third-order valence-corrected chi connectivity index (χ3v) is 16.1. The summed E-state index contributed by atoms with van der Waals surface area (Å²) >= 11 is 0. The van der Waals surface area contributed by atoms with Crippen molar-refractivity contribution in [1.82, 2.24) is 0 Å². The second kappa shape index (κ2) is 32.2. The number of benzene rings is 4. The Labute approximate surface area is 632 Å². The van der Waals surface area contributed by atoms with E-state index in [1.165, 1.54) is 0 Å². The number of carbonyl (C=O) groups excluding carboxylic acids is 3. The van der Waals surface area contributed by atoms with Gasteiger partial charge in [0.2, 0.25) is 11.6 Å². The minimum atomic E-state index is -5.60. The summed E-state index contributed by atoms with van der Waals surface area (Å²) in [6, 6.07) is 13.9. The normalized spacial score (nSPS) is 17.6. The van der Waals surface area contributed by atoms with Crippen molar-refractivity contribution in [2.45, 2.75) is 9.79 Å². The minimum Gasteiger partial charge on any atom is -0.744 e. The Morgan fingerprint density at radius 1 is 0.364 bits per heavy atom. The SMILES string of the molecule is O=C(Nc1ccc2c(c1)C=C(S(=O)(=O)[O-])C(=NN=C1C=CC(=NNc3ccc(S(=O)(=O)[O-])cc3)C=C1S(=O)(=O)[O-])C2=O)Nc1ccc2c(c1)C=C(S(=O)(=O)[O-])C(=NN=C1C=CC(=NNc3ccc(S(=O)(=O)[O-])cc3)C=C1S(=O)(=O)[O-])C2=O.[Na+].[Na+].[Na+].[Na+].[Na+].[Na+]. The molecule has 0 saturated heterocycles. The Morgan fingerprint density at radius 3 is 0.966 bits per heavy atom. The largest absolute Gasteiger partial charge is 1.00 e. The molecule has 0 atom stereocenters. The van der Waals surface area contributed by atoms with Crippen LogP contribution in [-0.4, -0.2) is 130 Å². The van der Waals surface area contributed by atoms with Gasteiger partial charge in [-0.15, -0.1) is 20.4 Å². The summed E-state index contributed by atoms with van der Waals surface area (Å²) in [7, 11) is -31.6. The van der Waals surface area contributed by atoms with Crippen LogP contribution in [0.1, 0.15) is 31.8 Å². The molecule has 43 heteroatoms. The van der Waals surface area contributed by atoms with E-state index in [0.717, 1.165) is 109 Å². The molecule has 0 radical (unpaired) electrons. The molecule has 31 nitrogen and oxygen atoms in total. The van der Waals surface area contributed by atoms with Crippen LogP contribution in [0.4, 0.5) is 27.5 Å². The van der Waals surface area contributed by atoms with Gasteiger partial charge in [-0.2, -0.15) is 10.2 Å². The maximum Gasteiger partial charge on any atom is 1.00 e. The van der Waals surface area contributed by atoms with Crippen LogP contribution in [0.2, 0.25) is 0 Å². The van der Waals surface area contributed by atoms with Crippen LogP contribution in [0.3, 0.4) is 0 Å². The number of allylic oxidation sites excluding steroid dienone is 10. The number of hydrazone groups is 2. The molecule has 424 valence electrons. The van der Waals surface area contributed by atoms with Gasteiger partial charge < -0.3 is 38.0 Å². The molecule has 0 bridgehead atoms. The Morgan fingerprint density at radius 2 is 0.670 bits per heavy atom. The third kappa shape index (κ3) is 20.5. The van der Waals surface area contributed by atoms with Crippen LogP contribution in [0.5, 0.6) is 0 Å². The van der Waals surface area contributed by atoms with E-state index in [4.69, 9.17) is 0 Å². The molecular weight excluding hydrogens is 1350 g/mol. The van der Waals surface area contributed by atoms with Crippen LogP contribution in [-0.2, 0) is 60.7 Å². The topological polar surface area (TPSA) is 517 Å². The zero-order valence-corrected chi connectivity index (χ0v) is 62.8. The number of fused-ring (bicyclic) bond motifs is 2. The predicted octanol–water partition coefficient (Wildman–Crippen LogP) is -16.1. The summed E-state index contributed by atoms with van der Waals surface area (Å²) < 4.78 is 215. The predicted molar refractivity (Wildman–Crippen MR) is 284 cm³/mol. The molecule has 8 rings (SSSR count). The van der Waals surface area contributed by atoms with Crippen LogP contribution in [0.15, 0.2) is 181 Å². The first-order valence-corrected chi connectivity index (χ1v) is 30.2. The van der Waals surface area contributed by atoms with Gasteiger partial charge in [0.15, 0.2) is 11.4 Å². The number of carbonyl (C=O) groups is 3. The van der Waals surface area contributed by atoms with Gasteiger partial charge in [0.1, 0.15) is 72.1 Å². The molecule has 0 spiro atoms. The Hall–Kier alpha value is -2.99. The fourth-order valence-electron chi connectivity index (χ4n) is 7.26. The molecule has 0 aromatic heterocycles. The van der Waals surface area contributed by atoms with Crippen LogP contribution in [0, 0.1) is 0 Å². The van der Waals surface area contributed by atoms with Crippen molar-refractivity contribution in [1.29, 1.82) is 0 Å². The van der Waals surface area contributed by atoms with Gasteiger partial charge in [0.05, 0.1) is 52.2 Å². The molecule has 0 aliphatic heterocycles. The molecule has 4 aliphatic rings. The summed E-state index contributed by atoms with van der Waals surface area (Å²) in [5, 5.41) is 26.7. The van der Waals surface area contributed by atoms with Crippen molar-refractivity contribution in [3.63, 3.8) is 0 Å². The summed E-state index contributed by atoms with van der Waals surface area (Å²) in [4.78, 5) is 34.7. The molecule has 0 fully saturated rings. The van der Waals surface area contributed by atoms with Gasteiger partial charge in [-0.05, 0) is 145 Å². The molecule has 4 N–H and O–H groups in total. The summed E-state index contributed by atoms with van der Waals surface area (Å²) in [6.45, 7) is 0. The van der Waals surface area contributed by atoms with E-state index in [-0.39, 0.29) is 234 Å². The zero-order valence-electron chi connectivity index (χ0n) is 45.9. The molecule has 88 heavy (non-hydrogen) atoms. The summed E-state index contributed by atoms with van der Waals surface area (Å²) in [5.74, 6) is -2.49. The van der Waals surface area contributed by atoms with Gasteiger partial charge in [0.25, 0.3) is 0 Å². The van der Waals surface area contributed by atoms with Gasteiger partial charge in [0, 0.05) is 22.5 Å². The van der Waals surface area contributed by atoms with E-state index in [1.54, 1.807) is 0 Å². The number of urea groups is 1. The number of nitrogens with one attached hydrogen (secondary N) is 4. The number of hydrogen-bond acceptors (Lipinski definition) is 29. The molecular formula is C45H26N10Na6O21S6. The standard InChI is InChI=1S/C45H32N10O21S6.6Na/c56-43-33-13-5-27(17-23(33)19-39(81(71,72)73)41(43)54-52-35-15-7-29(21-37(35)79(65,66)67)50-48-25-1-9-31(10-2-25)77(59,60)61)46-45(58)47-28-6-14-34-24(18-28)20-40(82(74,75)76)42(44(34)57)55-53-36-16-8-30(22-38(36)80(68,69)70)51-49-26-3-11-32(12-4-26)78(62,63)64;;;;;;/h1-22,48-49H,(H2,46,47,58)(H,59,60,61)(H,62,63,64)(H,65,66,67)(H,68,69,70)(H,71,72,73)(H,74,75,76);;;;;;/q;6*+1/p-6. The minimum absolute atomic E-state index is 0. The molecule has 4 aromatic rings. The summed E-state index contributed by atoms with van der Waals surface area (Å²) in [6.07, 6.45) is 6.74.